The summed E-state index contributed by atoms with van der Waals surface area (Å²) in [4.78, 5) is 56.7. The average Bonchev–Trinajstić information content (AvgIpc) is 3.52. The van der Waals surface area contributed by atoms with Gasteiger partial charge in [-0.3, -0.25) is 14.4 Å². The summed E-state index contributed by atoms with van der Waals surface area (Å²) >= 11 is 0. The van der Waals surface area contributed by atoms with Crippen LogP contribution in [-0.2, 0) is 22.3 Å². The molecule has 0 saturated carbocycles. The molecule has 5 rings (SSSR count). The van der Waals surface area contributed by atoms with Crippen molar-refractivity contribution in [3.63, 3.8) is 0 Å². The number of benzene rings is 1. The van der Waals surface area contributed by atoms with Gasteiger partial charge in [0.05, 0.1) is 13.1 Å². The molecule has 2 atom stereocenters. The molecule has 2 aliphatic heterocycles. The molecular formula is C29H28F6N6O4. The molecule has 2 saturated heterocycles. The second-order valence-electron chi connectivity index (χ2n) is 11.1. The van der Waals surface area contributed by atoms with E-state index in [4.69, 9.17) is 0 Å². The van der Waals surface area contributed by atoms with E-state index in [9.17, 15) is 45.5 Å². The zero-order chi connectivity index (χ0) is 32.7. The van der Waals surface area contributed by atoms with E-state index in [1.807, 2.05) is 0 Å². The van der Waals surface area contributed by atoms with Crippen molar-refractivity contribution in [2.45, 2.75) is 57.0 Å². The van der Waals surface area contributed by atoms with Crippen molar-refractivity contribution >= 4 is 46.0 Å². The Kier molecular flexibility index (Phi) is 8.51. The summed E-state index contributed by atoms with van der Waals surface area (Å²) in [7, 11) is 0. The van der Waals surface area contributed by atoms with Crippen LogP contribution in [0.25, 0.3) is 10.9 Å². The van der Waals surface area contributed by atoms with Gasteiger partial charge >= 0.3 is 12.2 Å². The van der Waals surface area contributed by atoms with Gasteiger partial charge in [0.2, 0.25) is 11.8 Å². The monoisotopic (exact) mass is 638 g/mol. The maximum atomic E-state index is 14.5. The first-order chi connectivity index (χ1) is 21.1. The van der Waals surface area contributed by atoms with E-state index >= 15 is 0 Å². The number of Topliss-reactive ketones (excluding diaryl/α,β-unsaturated/α-hetero) is 1. The number of rotatable bonds is 6. The van der Waals surface area contributed by atoms with Crippen molar-refractivity contribution < 1.29 is 45.5 Å². The summed E-state index contributed by atoms with van der Waals surface area (Å²) < 4.78 is 82.5. The minimum Gasteiger partial charge on any atom is -0.337 e. The highest BCUT2D eigenvalue weighted by molar-refractivity contribution is 6.08. The van der Waals surface area contributed by atoms with Crippen LogP contribution in [0.5, 0.6) is 0 Å². The molecule has 0 bridgehead atoms. The smallest absolute Gasteiger partial charge is 0.337 e. The van der Waals surface area contributed by atoms with Gasteiger partial charge in [0.15, 0.2) is 5.78 Å². The maximum Gasteiger partial charge on any atom is 0.433 e. The Bertz CT molecular complexity index is 1660. The lowest BCUT2D eigenvalue weighted by Gasteiger charge is -2.32. The molecule has 2 fully saturated rings. The Morgan fingerprint density at radius 1 is 1.09 bits per heavy atom. The van der Waals surface area contributed by atoms with E-state index in [2.05, 4.69) is 15.6 Å². The number of nitrogens with zero attached hydrogens (tertiary/aromatic N) is 4. The van der Waals surface area contributed by atoms with Crippen LogP contribution in [0.3, 0.4) is 0 Å². The van der Waals surface area contributed by atoms with Gasteiger partial charge < -0.3 is 25.0 Å². The number of urea groups is 1. The fraction of sp³-hybridized carbons (Fsp3) is 0.414. The van der Waals surface area contributed by atoms with Crippen molar-refractivity contribution in [3.8, 4) is 0 Å². The molecule has 4 heterocycles. The number of piperidine rings is 1. The number of nitrogens with one attached hydrogen (secondary N) is 2. The molecular weight excluding hydrogens is 610 g/mol. The number of aromatic nitrogens is 2. The van der Waals surface area contributed by atoms with Crippen molar-refractivity contribution in [2.75, 3.05) is 30.3 Å². The summed E-state index contributed by atoms with van der Waals surface area (Å²) in [5.74, 6) is -5.38. The summed E-state index contributed by atoms with van der Waals surface area (Å²) in [5.41, 5.74) is -0.429. The zero-order valence-electron chi connectivity index (χ0n) is 23.8. The average molecular weight is 639 g/mol. The number of anilines is 2. The third-order valence-electron chi connectivity index (χ3n) is 7.66. The SMILES string of the molecule is CC(=O)c1cn(CC(=O)N2C[C@H](F)C[C@H]2C(=O)Nc2cccc(C(F)(F)F)n2)c2ccc(NC(=O)N3CCCC(F)(F)C3)cc12. The fourth-order valence-corrected chi connectivity index (χ4v) is 5.55. The minimum absolute atomic E-state index is 0.148. The molecule has 0 aliphatic carbocycles. The van der Waals surface area contributed by atoms with E-state index in [1.165, 1.54) is 35.9 Å². The number of carbonyl (C=O) groups excluding carboxylic acids is 4. The van der Waals surface area contributed by atoms with E-state index in [0.29, 0.717) is 10.9 Å². The molecule has 0 unspecified atom stereocenters. The molecule has 2 aliphatic rings. The van der Waals surface area contributed by atoms with Crippen molar-refractivity contribution in [3.05, 3.63) is 53.9 Å². The van der Waals surface area contributed by atoms with E-state index in [-0.39, 0.29) is 42.8 Å². The summed E-state index contributed by atoms with van der Waals surface area (Å²) in [6, 6.07) is 5.30. The maximum absolute atomic E-state index is 14.5. The number of likely N-dealkylation sites (tertiary alicyclic amines) is 2. The third kappa shape index (κ3) is 7.04. The fourth-order valence-electron chi connectivity index (χ4n) is 5.55. The van der Waals surface area contributed by atoms with Crippen LogP contribution >= 0.6 is 0 Å². The van der Waals surface area contributed by atoms with Crippen LogP contribution in [-0.4, -0.2) is 80.7 Å². The van der Waals surface area contributed by atoms with Crippen LogP contribution in [0.1, 0.15) is 42.2 Å². The number of halogens is 6. The van der Waals surface area contributed by atoms with E-state index < -0.39 is 73.3 Å². The van der Waals surface area contributed by atoms with Gasteiger partial charge in [-0.15, -0.1) is 0 Å². The molecule has 4 amide bonds. The molecule has 1 aromatic carbocycles. The quantitative estimate of drug-likeness (QED) is 0.288. The molecule has 2 aromatic heterocycles. The number of ketones is 1. The normalized spacial score (nSPS) is 19.9. The van der Waals surface area contributed by atoms with Gasteiger partial charge in [0.25, 0.3) is 5.92 Å². The van der Waals surface area contributed by atoms with E-state index in [0.717, 1.165) is 28.0 Å². The Balaban J connectivity index is 1.33. The van der Waals surface area contributed by atoms with Crippen LogP contribution in [0, 0.1) is 0 Å². The molecule has 45 heavy (non-hydrogen) atoms. The van der Waals surface area contributed by atoms with Crippen LogP contribution in [0.15, 0.2) is 42.6 Å². The Labute approximate surface area is 252 Å². The number of carbonyl (C=O) groups is 4. The molecule has 0 spiro atoms. The molecule has 240 valence electrons. The first-order valence-electron chi connectivity index (χ1n) is 14.0. The van der Waals surface area contributed by atoms with Crippen LogP contribution in [0.2, 0.25) is 0 Å². The van der Waals surface area contributed by atoms with Crippen LogP contribution < -0.4 is 10.6 Å². The summed E-state index contributed by atoms with van der Waals surface area (Å²) in [5, 5.41) is 5.14. The first-order valence-corrected chi connectivity index (χ1v) is 14.0. The molecule has 16 heteroatoms. The van der Waals surface area contributed by atoms with Gasteiger partial charge in [-0.1, -0.05) is 6.07 Å². The highest BCUT2D eigenvalue weighted by Gasteiger charge is 2.41. The number of fused-ring (bicyclic) bond motifs is 1. The van der Waals surface area contributed by atoms with Crippen molar-refractivity contribution in [2.24, 2.45) is 0 Å². The minimum atomic E-state index is -4.75. The molecule has 3 aromatic rings. The van der Waals surface area contributed by atoms with Crippen molar-refractivity contribution in [1.29, 1.82) is 0 Å². The highest BCUT2D eigenvalue weighted by atomic mass is 19.4. The predicted octanol–water partition coefficient (Wildman–Crippen LogP) is 5.10. The lowest BCUT2D eigenvalue weighted by Crippen LogP contribution is -2.47. The van der Waals surface area contributed by atoms with Gasteiger partial charge in [0, 0.05) is 47.7 Å². The topological polar surface area (TPSA) is 117 Å². The summed E-state index contributed by atoms with van der Waals surface area (Å²) in [6.07, 6.45) is -5.47. The number of pyridine rings is 1. The number of hydrogen-bond acceptors (Lipinski definition) is 5. The largest absolute Gasteiger partial charge is 0.433 e. The number of amides is 4. The van der Waals surface area contributed by atoms with Gasteiger partial charge in [0.1, 0.15) is 30.3 Å². The molecule has 2 N–H and O–H groups in total. The standard InChI is InChI=1S/C29H28F6N6O4/c1-16(42)20-13-40(21-7-6-18(11-19(20)21)36-27(45)39-9-3-8-28(31,32)15-39)14-25(43)41-12-17(30)10-22(41)26(44)38-24-5-2-4-23(37-24)29(33,34)35/h2,4-7,11,13,17,22H,3,8-10,12,14-15H2,1H3,(H,36,45)(H,37,38,44)/t17-,22+/m1/s1. The number of alkyl halides is 6. The Hall–Kier alpha value is -4.63. The second kappa shape index (κ2) is 12.0. The van der Waals surface area contributed by atoms with E-state index in [1.54, 1.807) is 0 Å². The summed E-state index contributed by atoms with van der Waals surface area (Å²) in [6.45, 7) is -0.122. The van der Waals surface area contributed by atoms with Gasteiger partial charge in [-0.05, 0) is 43.7 Å². The number of hydrogen-bond donors (Lipinski definition) is 2. The molecule has 10 nitrogen and oxygen atoms in total. The second-order valence-corrected chi connectivity index (χ2v) is 11.1. The van der Waals surface area contributed by atoms with Gasteiger partial charge in [-0.2, -0.15) is 13.2 Å². The third-order valence-corrected chi connectivity index (χ3v) is 7.66. The predicted molar refractivity (Wildman–Crippen MR) is 150 cm³/mol. The lowest BCUT2D eigenvalue weighted by molar-refractivity contribution is -0.141. The van der Waals surface area contributed by atoms with Crippen molar-refractivity contribution in [1.82, 2.24) is 19.4 Å². The lowest BCUT2D eigenvalue weighted by atomic mass is 10.1. The highest BCUT2D eigenvalue weighted by Crippen LogP contribution is 2.31. The Morgan fingerprint density at radius 3 is 2.53 bits per heavy atom. The molecule has 0 radical (unpaired) electrons. The zero-order valence-corrected chi connectivity index (χ0v) is 23.8. The Morgan fingerprint density at radius 2 is 1.84 bits per heavy atom. The first kappa shape index (κ1) is 31.8. The van der Waals surface area contributed by atoms with Crippen LogP contribution in [0.4, 0.5) is 42.6 Å². The van der Waals surface area contributed by atoms with Gasteiger partial charge in [-0.25, -0.2) is 22.9 Å².